The van der Waals surface area contributed by atoms with Crippen LogP contribution in [-0.4, -0.2) is 48.4 Å². The molecule has 0 unspecified atom stereocenters. The van der Waals surface area contributed by atoms with Crippen LogP contribution in [0.1, 0.15) is 195 Å². The van der Waals surface area contributed by atoms with E-state index in [9.17, 15) is 19.5 Å². The highest BCUT2D eigenvalue weighted by Gasteiger charge is 2.66. The first-order valence-electron chi connectivity index (χ1n) is 22.1. The molecule has 1 N–H and O–H groups in total. The van der Waals surface area contributed by atoms with Gasteiger partial charge in [-0.15, -0.1) is 0 Å². The van der Waals surface area contributed by atoms with E-state index in [-0.39, 0.29) is 70.5 Å². The Bertz CT molecular complexity index is 1110. The van der Waals surface area contributed by atoms with E-state index < -0.39 is 6.10 Å². The molecule has 0 aliphatic heterocycles. The number of hydrogen-bond donors (Lipinski definition) is 1. The van der Waals surface area contributed by atoms with E-state index >= 15 is 0 Å². The fraction of sp³-hybridized carbons (Fsp3) is 0.933. The first kappa shape index (κ1) is 43.1. The number of unbranched alkanes of at least 4 members (excludes halogenated alkanes) is 12. The van der Waals surface area contributed by atoms with Gasteiger partial charge in [0, 0.05) is 25.2 Å². The molecule has 4 saturated carbocycles. The van der Waals surface area contributed by atoms with Crippen molar-refractivity contribution in [1.29, 1.82) is 0 Å². The van der Waals surface area contributed by atoms with Crippen molar-refractivity contribution in [2.45, 2.75) is 213 Å². The average Bonchev–Trinajstić information content (AvgIpc) is 3.49. The van der Waals surface area contributed by atoms with Crippen LogP contribution in [0.4, 0.5) is 0 Å². The van der Waals surface area contributed by atoms with Gasteiger partial charge in [-0.1, -0.05) is 112 Å². The van der Waals surface area contributed by atoms with Crippen molar-refractivity contribution in [1.82, 2.24) is 0 Å². The van der Waals surface area contributed by atoms with Crippen molar-refractivity contribution >= 4 is 17.9 Å². The van der Waals surface area contributed by atoms with Crippen molar-refractivity contribution in [3.8, 4) is 0 Å². The Balaban J connectivity index is 1.45. The van der Waals surface area contributed by atoms with Gasteiger partial charge in [-0.25, -0.2) is 0 Å². The minimum Gasteiger partial charge on any atom is -0.469 e. The lowest BCUT2D eigenvalue weighted by Gasteiger charge is -2.64. The Labute approximate surface area is 317 Å². The normalized spacial score (nSPS) is 34.4. The number of ether oxygens (including phenoxy) is 3. The summed E-state index contributed by atoms with van der Waals surface area (Å²) in [5.74, 6) is 1.30. The summed E-state index contributed by atoms with van der Waals surface area (Å²) in [5.41, 5.74) is -0.282. The van der Waals surface area contributed by atoms with Gasteiger partial charge in [-0.2, -0.15) is 0 Å². The molecule has 11 atom stereocenters. The average molecular weight is 731 g/mol. The van der Waals surface area contributed by atoms with Gasteiger partial charge >= 0.3 is 17.9 Å². The summed E-state index contributed by atoms with van der Waals surface area (Å²) < 4.78 is 17.7. The lowest BCUT2D eigenvalue weighted by atomic mass is 9.43. The van der Waals surface area contributed by atoms with Gasteiger partial charge in [-0.3, -0.25) is 14.4 Å². The third kappa shape index (κ3) is 10.8. The van der Waals surface area contributed by atoms with Gasteiger partial charge in [0.25, 0.3) is 0 Å². The highest BCUT2D eigenvalue weighted by Crippen LogP contribution is 2.69. The predicted molar refractivity (Wildman–Crippen MR) is 207 cm³/mol. The van der Waals surface area contributed by atoms with E-state index in [4.69, 9.17) is 14.2 Å². The number of esters is 3. The molecule has 7 nitrogen and oxygen atoms in total. The van der Waals surface area contributed by atoms with Crippen LogP contribution in [0, 0.1) is 46.3 Å². The molecule has 0 radical (unpaired) electrons. The molecule has 0 aromatic carbocycles. The highest BCUT2D eigenvalue weighted by atomic mass is 16.5. The summed E-state index contributed by atoms with van der Waals surface area (Å²) in [5, 5.41) is 12.2. The van der Waals surface area contributed by atoms with Gasteiger partial charge in [0.2, 0.25) is 0 Å². The lowest BCUT2D eigenvalue weighted by molar-refractivity contribution is -0.219. The van der Waals surface area contributed by atoms with Crippen molar-refractivity contribution in [2.75, 3.05) is 7.11 Å². The second-order valence-corrected chi connectivity index (χ2v) is 18.3. The molecule has 0 spiro atoms. The van der Waals surface area contributed by atoms with Crippen molar-refractivity contribution in [2.24, 2.45) is 46.3 Å². The molecule has 4 aliphatic rings. The number of rotatable bonds is 22. The zero-order valence-electron chi connectivity index (χ0n) is 34.3. The van der Waals surface area contributed by atoms with Crippen LogP contribution in [0.5, 0.6) is 0 Å². The third-order valence-corrected chi connectivity index (χ3v) is 15.1. The second kappa shape index (κ2) is 20.9. The van der Waals surface area contributed by atoms with Crippen LogP contribution in [0.2, 0.25) is 0 Å². The van der Waals surface area contributed by atoms with Crippen LogP contribution in [-0.2, 0) is 28.6 Å². The molecule has 0 saturated heterocycles. The number of fused-ring (bicyclic) bond motifs is 5. The Morgan fingerprint density at radius 2 is 1.27 bits per heavy atom. The number of carbonyl (C=O) groups is 3. The first-order valence-corrected chi connectivity index (χ1v) is 22.1. The van der Waals surface area contributed by atoms with E-state index in [1.807, 2.05) is 0 Å². The van der Waals surface area contributed by atoms with Gasteiger partial charge in [0.05, 0.1) is 13.2 Å². The number of carbonyl (C=O) groups excluding carboxylic acids is 3. The smallest absolute Gasteiger partial charge is 0.306 e. The molecule has 0 aromatic heterocycles. The number of aliphatic hydroxyl groups excluding tert-OH is 1. The largest absolute Gasteiger partial charge is 0.469 e. The second-order valence-electron chi connectivity index (χ2n) is 18.3. The molecule has 4 rings (SSSR count). The summed E-state index contributed by atoms with van der Waals surface area (Å²) in [6.45, 7) is 11.5. The van der Waals surface area contributed by atoms with Crippen LogP contribution in [0.15, 0.2) is 0 Å². The molecule has 0 amide bonds. The minimum absolute atomic E-state index is 0.00432. The monoisotopic (exact) mass is 731 g/mol. The molecule has 0 aromatic rings. The third-order valence-electron chi connectivity index (χ3n) is 15.1. The van der Waals surface area contributed by atoms with Crippen molar-refractivity contribution in [3.05, 3.63) is 0 Å². The van der Waals surface area contributed by atoms with E-state index in [0.29, 0.717) is 25.2 Å². The standard InChI is InChI=1S/C45H78O7/c1-7-9-11-13-15-17-19-21-41(48)51-34-27-28-44(4)33(29-34)30-38(52-42(49)22-20-18-16-14-12-10-8-2)43-36-25-24-35(32(3)23-26-40(47)50-6)45(36,5)39(46)31-37(43)44/h32-39,43,46H,7-31H2,1-6H3/t32-,33+,34-,35-,36+,37+,38-,39+,43+,44+,45-/m1/s1. The minimum atomic E-state index is -0.441. The Kier molecular flexibility index (Phi) is 17.3. The fourth-order valence-corrected chi connectivity index (χ4v) is 11.9. The predicted octanol–water partition coefficient (Wildman–Crippen LogP) is 10.9. The summed E-state index contributed by atoms with van der Waals surface area (Å²) in [6.07, 6.45) is 24.1. The SMILES string of the molecule is CCCCCCCCCC(=O)O[C@@H]1CC[C@@]2(C)[C@@H](C1)C[C@@H](OC(=O)CCCCCCCCC)[C@@H]1[C@@H]2C[C@H](O)[C@]2(C)[C@@H]([C@H](C)CCC(=O)OC)CC[C@@H]12. The zero-order chi connectivity index (χ0) is 37.7. The molecule has 52 heavy (non-hydrogen) atoms. The molecular weight excluding hydrogens is 652 g/mol. The molecule has 0 bridgehead atoms. The van der Waals surface area contributed by atoms with Crippen LogP contribution in [0.25, 0.3) is 0 Å². The fourth-order valence-electron chi connectivity index (χ4n) is 11.9. The molecule has 4 fully saturated rings. The maximum Gasteiger partial charge on any atom is 0.306 e. The molecule has 7 heteroatoms. The Hall–Kier alpha value is -1.63. The van der Waals surface area contributed by atoms with Crippen LogP contribution >= 0.6 is 0 Å². The van der Waals surface area contributed by atoms with Crippen LogP contribution in [0.3, 0.4) is 0 Å². The summed E-state index contributed by atoms with van der Waals surface area (Å²) in [4.78, 5) is 38.6. The van der Waals surface area contributed by atoms with E-state index in [2.05, 4.69) is 34.6 Å². The summed E-state index contributed by atoms with van der Waals surface area (Å²) in [6, 6.07) is 0. The molecular formula is C45H78O7. The number of methoxy groups -OCH3 is 1. The quantitative estimate of drug-likeness (QED) is 0.0672. The van der Waals surface area contributed by atoms with Gasteiger partial charge in [-0.05, 0) is 105 Å². The first-order chi connectivity index (χ1) is 25.0. The number of hydrogen-bond acceptors (Lipinski definition) is 7. The van der Waals surface area contributed by atoms with E-state index in [0.717, 1.165) is 77.0 Å². The van der Waals surface area contributed by atoms with Crippen molar-refractivity contribution < 1.29 is 33.7 Å². The highest BCUT2D eigenvalue weighted by molar-refractivity contribution is 5.70. The summed E-state index contributed by atoms with van der Waals surface area (Å²) >= 11 is 0. The molecule has 300 valence electrons. The van der Waals surface area contributed by atoms with Gasteiger partial charge in [0.15, 0.2) is 0 Å². The zero-order valence-corrected chi connectivity index (χ0v) is 34.3. The number of aliphatic hydroxyl groups is 1. The van der Waals surface area contributed by atoms with E-state index in [1.165, 1.54) is 71.3 Å². The summed E-state index contributed by atoms with van der Waals surface area (Å²) in [7, 11) is 1.45. The molecule has 0 heterocycles. The maximum atomic E-state index is 13.6. The lowest BCUT2D eigenvalue weighted by Crippen LogP contribution is -2.63. The van der Waals surface area contributed by atoms with E-state index in [1.54, 1.807) is 0 Å². The molecule has 4 aliphatic carbocycles. The van der Waals surface area contributed by atoms with Crippen molar-refractivity contribution in [3.63, 3.8) is 0 Å². The van der Waals surface area contributed by atoms with Crippen LogP contribution < -0.4 is 0 Å². The maximum absolute atomic E-state index is 13.6. The Morgan fingerprint density at radius 1 is 0.692 bits per heavy atom. The van der Waals surface area contributed by atoms with Gasteiger partial charge < -0.3 is 19.3 Å². The Morgan fingerprint density at radius 3 is 1.87 bits per heavy atom. The topological polar surface area (TPSA) is 99.1 Å². The van der Waals surface area contributed by atoms with Gasteiger partial charge in [0.1, 0.15) is 12.2 Å².